The molecule has 0 radical (unpaired) electrons. The van der Waals surface area contributed by atoms with Gasteiger partial charge in [0.15, 0.2) is 0 Å². The molecule has 1 rings (SSSR count). The van der Waals surface area contributed by atoms with Gasteiger partial charge in [0.2, 0.25) is 5.91 Å². The minimum absolute atomic E-state index is 0.0162. The average Bonchev–Trinajstić information content (AvgIpc) is 2.76. The van der Waals surface area contributed by atoms with E-state index in [2.05, 4.69) is 21.8 Å². The molecule has 5 heteroatoms. The number of carbonyl (C=O) groups excluding carboxylic acids is 1. The van der Waals surface area contributed by atoms with Gasteiger partial charge in [-0.3, -0.25) is 4.79 Å². The molecule has 0 aliphatic carbocycles. The number of ether oxygens (including phenoxy) is 1. The van der Waals surface area contributed by atoms with Crippen molar-refractivity contribution in [1.82, 2.24) is 14.9 Å². The Balaban J connectivity index is 2.40. The summed E-state index contributed by atoms with van der Waals surface area (Å²) in [6, 6.07) is 0. The van der Waals surface area contributed by atoms with Crippen LogP contribution in [0, 0.1) is 5.41 Å². The summed E-state index contributed by atoms with van der Waals surface area (Å²) in [5.41, 5.74) is -0.489. The number of carbonyl (C=O) groups is 1. The first-order valence-electron chi connectivity index (χ1n) is 6.28. The van der Waals surface area contributed by atoms with Gasteiger partial charge in [-0.2, -0.15) is 0 Å². The average molecular weight is 253 g/mol. The van der Waals surface area contributed by atoms with E-state index in [-0.39, 0.29) is 5.91 Å². The summed E-state index contributed by atoms with van der Waals surface area (Å²) in [5.74, 6) is 1.06. The highest BCUT2D eigenvalue weighted by molar-refractivity contribution is 5.81. The van der Waals surface area contributed by atoms with Gasteiger partial charge in [0.25, 0.3) is 0 Å². The minimum atomic E-state index is -0.489. The molecule has 0 bridgehead atoms. The molecule has 0 aliphatic heterocycles. The van der Waals surface area contributed by atoms with Crippen molar-refractivity contribution in [3.63, 3.8) is 0 Å². The van der Waals surface area contributed by atoms with Crippen molar-refractivity contribution in [1.29, 1.82) is 0 Å². The topological polar surface area (TPSA) is 56.2 Å². The Morgan fingerprint density at radius 1 is 1.56 bits per heavy atom. The maximum atomic E-state index is 11.9. The fourth-order valence-corrected chi connectivity index (χ4v) is 1.81. The standard InChI is InChI=1S/C13H23N3O2/c1-5-11-14-6-8-16(11)9-7-15-12(17)13(2,3)10-18-4/h6,8H,5,7,9-10H2,1-4H3,(H,15,17). The maximum Gasteiger partial charge on any atom is 0.228 e. The molecule has 102 valence electrons. The lowest BCUT2D eigenvalue weighted by molar-refractivity contribution is -0.131. The predicted octanol–water partition coefficient (Wildman–Crippen LogP) is 1.23. The summed E-state index contributed by atoms with van der Waals surface area (Å²) in [6.07, 6.45) is 4.62. The summed E-state index contributed by atoms with van der Waals surface area (Å²) in [5, 5.41) is 2.93. The van der Waals surface area contributed by atoms with E-state index in [9.17, 15) is 4.79 Å². The molecular formula is C13H23N3O2. The van der Waals surface area contributed by atoms with E-state index in [1.165, 1.54) is 0 Å². The highest BCUT2D eigenvalue weighted by atomic mass is 16.5. The van der Waals surface area contributed by atoms with E-state index in [4.69, 9.17) is 4.74 Å². The molecule has 1 aromatic rings. The van der Waals surface area contributed by atoms with E-state index in [1.807, 2.05) is 20.0 Å². The smallest absolute Gasteiger partial charge is 0.228 e. The third-order valence-corrected chi connectivity index (χ3v) is 2.88. The van der Waals surface area contributed by atoms with Gasteiger partial charge >= 0.3 is 0 Å². The van der Waals surface area contributed by atoms with Crippen LogP contribution in [0.25, 0.3) is 0 Å². The molecule has 0 spiro atoms. The molecule has 1 heterocycles. The fourth-order valence-electron chi connectivity index (χ4n) is 1.81. The van der Waals surface area contributed by atoms with Gasteiger partial charge in [-0.1, -0.05) is 6.92 Å². The first kappa shape index (κ1) is 14.7. The molecule has 0 saturated carbocycles. The Hall–Kier alpha value is -1.36. The van der Waals surface area contributed by atoms with E-state index in [0.29, 0.717) is 13.2 Å². The number of nitrogens with one attached hydrogen (secondary N) is 1. The van der Waals surface area contributed by atoms with Crippen molar-refractivity contribution < 1.29 is 9.53 Å². The third kappa shape index (κ3) is 3.84. The molecule has 1 aromatic heterocycles. The van der Waals surface area contributed by atoms with Crippen LogP contribution in [0.5, 0.6) is 0 Å². The van der Waals surface area contributed by atoms with Crippen molar-refractivity contribution in [2.75, 3.05) is 20.3 Å². The Kier molecular flexibility index (Phi) is 5.34. The second kappa shape index (κ2) is 6.54. The van der Waals surface area contributed by atoms with Gasteiger partial charge in [-0.15, -0.1) is 0 Å². The second-order valence-electron chi connectivity index (χ2n) is 4.96. The van der Waals surface area contributed by atoms with Crippen LogP contribution in [0.15, 0.2) is 12.4 Å². The molecule has 18 heavy (non-hydrogen) atoms. The van der Waals surface area contributed by atoms with Crippen molar-refractivity contribution in [3.05, 3.63) is 18.2 Å². The number of nitrogens with zero attached hydrogens (tertiary/aromatic N) is 2. The largest absolute Gasteiger partial charge is 0.384 e. The Morgan fingerprint density at radius 3 is 2.89 bits per heavy atom. The van der Waals surface area contributed by atoms with Crippen LogP contribution in [-0.4, -0.2) is 35.7 Å². The molecule has 0 aromatic carbocycles. The SMILES string of the molecule is CCc1nccn1CCNC(=O)C(C)(C)COC. The van der Waals surface area contributed by atoms with E-state index < -0.39 is 5.41 Å². The predicted molar refractivity (Wildman–Crippen MR) is 70.3 cm³/mol. The van der Waals surface area contributed by atoms with Gasteiger partial charge in [-0.25, -0.2) is 4.98 Å². The Bertz CT molecular complexity index is 385. The summed E-state index contributed by atoms with van der Waals surface area (Å²) in [7, 11) is 1.61. The van der Waals surface area contributed by atoms with Gasteiger partial charge in [0, 0.05) is 39.0 Å². The fraction of sp³-hybridized carbons (Fsp3) is 0.692. The summed E-state index contributed by atoms with van der Waals surface area (Å²) < 4.78 is 7.10. The van der Waals surface area contributed by atoms with Gasteiger partial charge < -0.3 is 14.6 Å². The van der Waals surface area contributed by atoms with Crippen LogP contribution in [0.3, 0.4) is 0 Å². The number of imidazole rings is 1. The van der Waals surface area contributed by atoms with E-state index in [0.717, 1.165) is 18.8 Å². The summed E-state index contributed by atoms with van der Waals surface area (Å²) >= 11 is 0. The molecule has 0 aliphatic rings. The van der Waals surface area contributed by atoms with Crippen LogP contribution in [-0.2, 0) is 22.5 Å². The molecule has 0 unspecified atom stereocenters. The van der Waals surface area contributed by atoms with Crippen molar-refractivity contribution in [3.8, 4) is 0 Å². The third-order valence-electron chi connectivity index (χ3n) is 2.88. The number of amides is 1. The summed E-state index contributed by atoms with van der Waals surface area (Å²) in [4.78, 5) is 16.2. The Morgan fingerprint density at radius 2 is 2.28 bits per heavy atom. The maximum absolute atomic E-state index is 11.9. The molecule has 0 fully saturated rings. The van der Waals surface area contributed by atoms with Gasteiger partial charge in [0.1, 0.15) is 5.82 Å². The van der Waals surface area contributed by atoms with E-state index in [1.54, 1.807) is 13.3 Å². The number of aryl methyl sites for hydroxylation is 1. The molecule has 0 saturated heterocycles. The van der Waals surface area contributed by atoms with Crippen LogP contribution in [0.2, 0.25) is 0 Å². The monoisotopic (exact) mass is 253 g/mol. The zero-order chi connectivity index (χ0) is 13.6. The highest BCUT2D eigenvalue weighted by Crippen LogP contribution is 2.14. The number of hydrogen-bond acceptors (Lipinski definition) is 3. The zero-order valence-electron chi connectivity index (χ0n) is 11.7. The Labute approximate surface area is 109 Å². The van der Waals surface area contributed by atoms with Crippen LogP contribution in [0.1, 0.15) is 26.6 Å². The number of hydrogen-bond donors (Lipinski definition) is 1. The quantitative estimate of drug-likeness (QED) is 0.795. The van der Waals surface area contributed by atoms with Crippen LogP contribution >= 0.6 is 0 Å². The van der Waals surface area contributed by atoms with Crippen molar-refractivity contribution in [2.24, 2.45) is 5.41 Å². The van der Waals surface area contributed by atoms with Gasteiger partial charge in [-0.05, 0) is 13.8 Å². The minimum Gasteiger partial charge on any atom is -0.384 e. The lowest BCUT2D eigenvalue weighted by Crippen LogP contribution is -2.41. The van der Waals surface area contributed by atoms with Crippen LogP contribution < -0.4 is 5.32 Å². The second-order valence-corrected chi connectivity index (χ2v) is 4.96. The molecular weight excluding hydrogens is 230 g/mol. The van der Waals surface area contributed by atoms with Crippen molar-refractivity contribution in [2.45, 2.75) is 33.7 Å². The number of rotatable bonds is 7. The van der Waals surface area contributed by atoms with Gasteiger partial charge in [0.05, 0.1) is 12.0 Å². The molecule has 0 atom stereocenters. The van der Waals surface area contributed by atoms with Crippen molar-refractivity contribution >= 4 is 5.91 Å². The lowest BCUT2D eigenvalue weighted by Gasteiger charge is -2.22. The van der Waals surface area contributed by atoms with E-state index >= 15 is 0 Å². The molecule has 5 nitrogen and oxygen atoms in total. The first-order chi connectivity index (χ1) is 8.51. The number of methoxy groups -OCH3 is 1. The zero-order valence-corrected chi connectivity index (χ0v) is 11.7. The van der Waals surface area contributed by atoms with Crippen LogP contribution in [0.4, 0.5) is 0 Å². The molecule has 1 amide bonds. The normalized spacial score (nSPS) is 11.6. The summed E-state index contributed by atoms with van der Waals surface area (Å²) in [6.45, 7) is 7.59. The highest BCUT2D eigenvalue weighted by Gasteiger charge is 2.26. The first-order valence-corrected chi connectivity index (χ1v) is 6.28. The number of aromatic nitrogens is 2. The lowest BCUT2D eigenvalue weighted by atomic mass is 9.94. The molecule has 1 N–H and O–H groups in total.